The Bertz CT molecular complexity index is 344. The molecule has 1 rings (SSSR count). The van der Waals surface area contributed by atoms with E-state index in [9.17, 15) is 4.79 Å². The maximum absolute atomic E-state index is 12.0. The monoisotopic (exact) mass is 205 g/mol. The summed E-state index contributed by atoms with van der Waals surface area (Å²) in [6, 6.07) is 7.83. The van der Waals surface area contributed by atoms with Crippen LogP contribution < -0.4 is 5.32 Å². The van der Waals surface area contributed by atoms with Crippen LogP contribution in [0, 0.1) is 12.8 Å². The predicted molar refractivity (Wildman–Crippen MR) is 62.8 cm³/mol. The zero-order valence-corrected chi connectivity index (χ0v) is 9.87. The van der Waals surface area contributed by atoms with Gasteiger partial charge in [-0.25, -0.2) is 0 Å². The molecule has 0 heterocycles. The molecule has 82 valence electrons. The summed E-state index contributed by atoms with van der Waals surface area (Å²) in [5.74, 6) is 0.300. The van der Waals surface area contributed by atoms with Gasteiger partial charge in [-0.05, 0) is 25.1 Å². The van der Waals surface area contributed by atoms with Crippen molar-refractivity contribution in [2.75, 3.05) is 7.05 Å². The second-order valence-electron chi connectivity index (χ2n) is 4.14. The molecule has 1 aromatic rings. The van der Waals surface area contributed by atoms with Crippen LogP contribution in [-0.2, 0) is 4.79 Å². The molecule has 1 atom stereocenters. The highest BCUT2D eigenvalue weighted by atomic mass is 16.1. The van der Waals surface area contributed by atoms with Crippen LogP contribution in [0.25, 0.3) is 0 Å². The van der Waals surface area contributed by atoms with E-state index in [-0.39, 0.29) is 17.7 Å². The Morgan fingerprint density at radius 1 is 1.27 bits per heavy atom. The fourth-order valence-electron chi connectivity index (χ4n) is 1.70. The van der Waals surface area contributed by atoms with E-state index in [1.807, 2.05) is 52.1 Å². The summed E-state index contributed by atoms with van der Waals surface area (Å²) < 4.78 is 0. The highest BCUT2D eigenvalue weighted by molar-refractivity contribution is 5.87. The molecule has 0 saturated carbocycles. The van der Waals surface area contributed by atoms with Crippen molar-refractivity contribution in [1.29, 1.82) is 0 Å². The molecule has 2 heteroatoms. The van der Waals surface area contributed by atoms with Crippen LogP contribution in [0.1, 0.15) is 31.0 Å². The average molecular weight is 205 g/mol. The van der Waals surface area contributed by atoms with E-state index < -0.39 is 0 Å². The highest BCUT2D eigenvalue weighted by Gasteiger charge is 2.22. The first-order chi connectivity index (χ1) is 7.07. The molecule has 0 radical (unpaired) electrons. The Morgan fingerprint density at radius 3 is 2.33 bits per heavy atom. The molecule has 0 spiro atoms. The normalized spacial score (nSPS) is 12.9. The molecule has 1 aromatic carbocycles. The number of hydrogen-bond acceptors (Lipinski definition) is 2. The Hall–Kier alpha value is -1.15. The fourth-order valence-corrected chi connectivity index (χ4v) is 1.70. The molecular formula is C13H19NO. The number of hydrogen-bond donors (Lipinski definition) is 1. The van der Waals surface area contributed by atoms with E-state index in [1.165, 1.54) is 0 Å². The second kappa shape index (κ2) is 5.08. The average Bonchev–Trinajstić information content (AvgIpc) is 2.21. The molecule has 0 aliphatic carbocycles. The SMILES string of the molecule is CNC(C(=O)C(C)C)c1ccccc1C. The molecular weight excluding hydrogens is 186 g/mol. The molecule has 0 aliphatic rings. The van der Waals surface area contributed by atoms with Crippen LogP contribution in [0.3, 0.4) is 0 Å². The molecule has 2 nitrogen and oxygen atoms in total. The van der Waals surface area contributed by atoms with Gasteiger partial charge in [0.15, 0.2) is 5.78 Å². The Labute approximate surface area is 91.7 Å². The third kappa shape index (κ3) is 2.66. The summed E-state index contributed by atoms with van der Waals surface area (Å²) >= 11 is 0. The summed E-state index contributed by atoms with van der Waals surface area (Å²) in [5.41, 5.74) is 2.24. The van der Waals surface area contributed by atoms with Gasteiger partial charge in [0.05, 0.1) is 6.04 Å². The minimum atomic E-state index is -0.175. The van der Waals surface area contributed by atoms with Crippen molar-refractivity contribution in [3.63, 3.8) is 0 Å². The van der Waals surface area contributed by atoms with Crippen LogP contribution >= 0.6 is 0 Å². The predicted octanol–water partition coefficient (Wildman–Crippen LogP) is 2.48. The smallest absolute Gasteiger partial charge is 0.156 e. The van der Waals surface area contributed by atoms with Crippen molar-refractivity contribution < 1.29 is 4.79 Å². The van der Waals surface area contributed by atoms with Gasteiger partial charge < -0.3 is 5.32 Å². The van der Waals surface area contributed by atoms with E-state index in [4.69, 9.17) is 0 Å². The standard InChI is InChI=1S/C13H19NO/c1-9(2)13(15)12(14-4)11-8-6-5-7-10(11)3/h5-9,12,14H,1-4H3. The summed E-state index contributed by atoms with van der Waals surface area (Å²) in [4.78, 5) is 12.0. The van der Waals surface area contributed by atoms with E-state index in [2.05, 4.69) is 5.32 Å². The number of rotatable bonds is 4. The molecule has 0 aromatic heterocycles. The number of Topliss-reactive ketones (excluding diaryl/α,β-unsaturated/α-hetero) is 1. The largest absolute Gasteiger partial charge is 0.307 e. The zero-order chi connectivity index (χ0) is 11.4. The Balaban J connectivity index is 3.03. The number of nitrogens with one attached hydrogen (secondary N) is 1. The topological polar surface area (TPSA) is 29.1 Å². The van der Waals surface area contributed by atoms with Gasteiger partial charge in [0.25, 0.3) is 0 Å². The van der Waals surface area contributed by atoms with Gasteiger partial charge in [0, 0.05) is 5.92 Å². The summed E-state index contributed by atoms with van der Waals surface area (Å²) in [6.45, 7) is 5.91. The van der Waals surface area contributed by atoms with Crippen molar-refractivity contribution in [1.82, 2.24) is 5.32 Å². The third-order valence-electron chi connectivity index (χ3n) is 2.64. The molecule has 0 saturated heterocycles. The maximum Gasteiger partial charge on any atom is 0.156 e. The van der Waals surface area contributed by atoms with Crippen LogP contribution in [0.2, 0.25) is 0 Å². The fraction of sp³-hybridized carbons (Fsp3) is 0.462. The van der Waals surface area contributed by atoms with Gasteiger partial charge in [0.1, 0.15) is 0 Å². The van der Waals surface area contributed by atoms with E-state index >= 15 is 0 Å². The molecule has 0 bridgehead atoms. The molecule has 15 heavy (non-hydrogen) atoms. The molecule has 1 N–H and O–H groups in total. The van der Waals surface area contributed by atoms with Crippen molar-refractivity contribution in [2.24, 2.45) is 5.92 Å². The van der Waals surface area contributed by atoms with Crippen molar-refractivity contribution in [3.8, 4) is 0 Å². The zero-order valence-electron chi connectivity index (χ0n) is 9.87. The summed E-state index contributed by atoms with van der Waals surface area (Å²) in [6.07, 6.45) is 0. The number of aryl methyl sites for hydroxylation is 1. The van der Waals surface area contributed by atoms with Crippen molar-refractivity contribution in [3.05, 3.63) is 35.4 Å². The lowest BCUT2D eigenvalue weighted by Gasteiger charge is -2.19. The maximum atomic E-state index is 12.0. The first kappa shape index (κ1) is 11.9. The molecule has 0 aliphatic heterocycles. The first-order valence-corrected chi connectivity index (χ1v) is 5.34. The Morgan fingerprint density at radius 2 is 1.87 bits per heavy atom. The van der Waals surface area contributed by atoms with Crippen molar-refractivity contribution >= 4 is 5.78 Å². The summed E-state index contributed by atoms with van der Waals surface area (Å²) in [7, 11) is 1.83. The van der Waals surface area contributed by atoms with Gasteiger partial charge in [-0.15, -0.1) is 0 Å². The lowest BCUT2D eigenvalue weighted by atomic mass is 9.93. The minimum Gasteiger partial charge on any atom is -0.307 e. The van der Waals surface area contributed by atoms with Crippen LogP contribution in [0.15, 0.2) is 24.3 Å². The number of benzene rings is 1. The number of likely N-dealkylation sites (N-methyl/N-ethyl adjacent to an activating group) is 1. The van der Waals surface area contributed by atoms with Crippen molar-refractivity contribution in [2.45, 2.75) is 26.8 Å². The van der Waals surface area contributed by atoms with Gasteiger partial charge >= 0.3 is 0 Å². The van der Waals surface area contributed by atoms with E-state index in [0.717, 1.165) is 11.1 Å². The Kier molecular flexibility index (Phi) is 4.04. The van der Waals surface area contributed by atoms with Crippen LogP contribution in [-0.4, -0.2) is 12.8 Å². The number of carbonyl (C=O) groups excluding carboxylic acids is 1. The van der Waals surface area contributed by atoms with Gasteiger partial charge in [-0.2, -0.15) is 0 Å². The molecule has 0 amide bonds. The van der Waals surface area contributed by atoms with Gasteiger partial charge in [0.2, 0.25) is 0 Å². The lowest BCUT2D eigenvalue weighted by molar-refractivity contribution is -0.124. The van der Waals surface area contributed by atoms with E-state index in [0.29, 0.717) is 0 Å². The quantitative estimate of drug-likeness (QED) is 0.818. The minimum absolute atomic E-state index is 0.0575. The van der Waals surface area contributed by atoms with E-state index in [1.54, 1.807) is 0 Å². The first-order valence-electron chi connectivity index (χ1n) is 5.34. The third-order valence-corrected chi connectivity index (χ3v) is 2.64. The number of carbonyl (C=O) groups is 1. The van der Waals surface area contributed by atoms with Gasteiger partial charge in [-0.3, -0.25) is 4.79 Å². The molecule has 1 unspecified atom stereocenters. The lowest BCUT2D eigenvalue weighted by Crippen LogP contribution is -2.29. The number of ketones is 1. The van der Waals surface area contributed by atoms with Crippen LogP contribution in [0.5, 0.6) is 0 Å². The van der Waals surface area contributed by atoms with Crippen LogP contribution in [0.4, 0.5) is 0 Å². The summed E-state index contributed by atoms with van der Waals surface area (Å²) in [5, 5.41) is 3.09. The second-order valence-corrected chi connectivity index (χ2v) is 4.14. The highest BCUT2D eigenvalue weighted by Crippen LogP contribution is 2.20. The van der Waals surface area contributed by atoms with Gasteiger partial charge in [-0.1, -0.05) is 38.1 Å². The molecule has 0 fully saturated rings.